The molecular weight excluding hydrogens is 337 g/mol. The van der Waals surface area contributed by atoms with Crippen LogP contribution in [0.1, 0.15) is 59.2 Å². The molecule has 4 N–H and O–H groups in total. The number of fused-ring (bicyclic) bond motifs is 1. The van der Waals surface area contributed by atoms with Crippen LogP contribution in [-0.2, 0) is 0 Å². The van der Waals surface area contributed by atoms with E-state index in [2.05, 4.69) is 0 Å². The number of hydrogen-bond donors (Lipinski definition) is 3. The van der Waals surface area contributed by atoms with Crippen LogP contribution in [0, 0.1) is 24.1 Å². The molecule has 1 atom stereocenters. The highest BCUT2D eigenvalue weighted by molar-refractivity contribution is 6.01. The van der Waals surface area contributed by atoms with E-state index in [1.165, 1.54) is 6.07 Å². The molecule has 1 saturated carbocycles. The van der Waals surface area contributed by atoms with Gasteiger partial charge in [0.05, 0.1) is 5.52 Å². The van der Waals surface area contributed by atoms with Crippen LogP contribution in [-0.4, -0.2) is 27.7 Å². The Hall–Kier alpha value is -2.54. The maximum Gasteiger partial charge on any atom is 0.341 e. The zero-order valence-electron chi connectivity index (χ0n) is 14.8. The number of pyridine rings is 2. The summed E-state index contributed by atoms with van der Waals surface area (Å²) < 4.78 is 15.9. The number of carboxylic acids is 1. The fraction of sp³-hybridized carbons (Fsp3) is 0.421. The number of carboxylic acid groups (broad SMARTS) is 1. The number of aryl methyl sites for hydroxylation is 1. The summed E-state index contributed by atoms with van der Waals surface area (Å²) in [4.78, 5) is 23.9. The Kier molecular flexibility index (Phi) is 4.66. The Bertz CT molecular complexity index is 976. The normalized spacial score (nSPS) is 15.2. The fourth-order valence-corrected chi connectivity index (χ4v) is 3.41. The van der Waals surface area contributed by atoms with Crippen molar-refractivity contribution in [3.05, 3.63) is 50.7 Å². The van der Waals surface area contributed by atoms with Gasteiger partial charge in [0.15, 0.2) is 0 Å². The number of nitrogens with zero attached hydrogens (tertiary/aromatic N) is 1. The predicted octanol–water partition coefficient (Wildman–Crippen LogP) is 2.68. The maximum absolute atomic E-state index is 14.8. The first kappa shape index (κ1) is 18.3. The molecule has 0 spiro atoms. The standard InChI is InChI=1S/C19H22FN3O3/c1-9(7-21)5-15(22)16-10(2)17-12(11-3-4-11)6-13(19(25)26)18(24)23(17)8-14(16)20/h6,8-9,11,22H,3-5,7,21H2,1-2H3,(H,25,26)/t9-/m1/s1. The third-order valence-electron chi connectivity index (χ3n) is 4.98. The van der Waals surface area contributed by atoms with E-state index in [1.807, 2.05) is 6.92 Å². The third-order valence-corrected chi connectivity index (χ3v) is 4.98. The van der Waals surface area contributed by atoms with Crippen LogP contribution in [0.2, 0.25) is 0 Å². The highest BCUT2D eigenvalue weighted by Gasteiger charge is 2.30. The summed E-state index contributed by atoms with van der Waals surface area (Å²) >= 11 is 0. The van der Waals surface area contributed by atoms with Gasteiger partial charge in [0.2, 0.25) is 0 Å². The van der Waals surface area contributed by atoms with Crippen molar-refractivity contribution >= 4 is 17.2 Å². The van der Waals surface area contributed by atoms with Gasteiger partial charge in [-0.1, -0.05) is 6.92 Å². The van der Waals surface area contributed by atoms with Crippen LogP contribution in [0.5, 0.6) is 0 Å². The molecule has 0 saturated heterocycles. The van der Waals surface area contributed by atoms with Crippen molar-refractivity contribution in [1.82, 2.24) is 4.40 Å². The minimum Gasteiger partial charge on any atom is -0.477 e. The lowest BCUT2D eigenvalue weighted by atomic mass is 9.93. The van der Waals surface area contributed by atoms with Gasteiger partial charge in [-0.3, -0.25) is 9.20 Å². The molecule has 26 heavy (non-hydrogen) atoms. The van der Waals surface area contributed by atoms with Gasteiger partial charge >= 0.3 is 5.97 Å². The second-order valence-electron chi connectivity index (χ2n) is 7.12. The van der Waals surface area contributed by atoms with Gasteiger partial charge in [-0.25, -0.2) is 9.18 Å². The van der Waals surface area contributed by atoms with Crippen LogP contribution in [0.15, 0.2) is 17.1 Å². The summed E-state index contributed by atoms with van der Waals surface area (Å²) in [5, 5.41) is 17.6. The molecule has 0 bridgehead atoms. The van der Waals surface area contributed by atoms with E-state index in [1.54, 1.807) is 6.92 Å². The van der Waals surface area contributed by atoms with Crippen molar-refractivity contribution in [3.63, 3.8) is 0 Å². The van der Waals surface area contributed by atoms with Crippen molar-refractivity contribution in [2.75, 3.05) is 6.54 Å². The molecule has 0 amide bonds. The number of hydrogen-bond acceptors (Lipinski definition) is 4. The highest BCUT2D eigenvalue weighted by Crippen LogP contribution is 2.43. The Morgan fingerprint density at radius 1 is 1.50 bits per heavy atom. The van der Waals surface area contributed by atoms with E-state index in [0.717, 1.165) is 29.0 Å². The molecule has 0 radical (unpaired) electrons. The Balaban J connectivity index is 2.30. The fourth-order valence-electron chi connectivity index (χ4n) is 3.41. The van der Waals surface area contributed by atoms with Crippen LogP contribution >= 0.6 is 0 Å². The molecule has 2 aromatic heterocycles. The molecule has 0 unspecified atom stereocenters. The predicted molar refractivity (Wildman–Crippen MR) is 97.0 cm³/mol. The van der Waals surface area contributed by atoms with E-state index in [0.29, 0.717) is 24.0 Å². The lowest BCUT2D eigenvalue weighted by Gasteiger charge is -2.18. The van der Waals surface area contributed by atoms with Gasteiger partial charge in [-0.05, 0) is 61.8 Å². The Labute approximate surface area is 150 Å². The molecule has 138 valence electrons. The topological polar surface area (TPSA) is 109 Å². The summed E-state index contributed by atoms with van der Waals surface area (Å²) in [6.07, 6.45) is 3.15. The Morgan fingerprint density at radius 3 is 2.69 bits per heavy atom. The maximum atomic E-state index is 14.8. The molecule has 1 aliphatic carbocycles. The second kappa shape index (κ2) is 6.64. The summed E-state index contributed by atoms with van der Waals surface area (Å²) in [5.41, 5.74) is 6.56. The van der Waals surface area contributed by atoms with E-state index in [4.69, 9.17) is 11.1 Å². The molecular formula is C19H22FN3O3. The number of aromatic nitrogens is 1. The first-order chi connectivity index (χ1) is 12.3. The smallest absolute Gasteiger partial charge is 0.341 e. The van der Waals surface area contributed by atoms with Crippen molar-refractivity contribution in [2.45, 2.75) is 39.0 Å². The number of nitrogens with two attached hydrogens (primary N) is 1. The SMILES string of the molecule is Cc1c(C(=N)C[C@@H](C)CN)c(F)cn2c(=O)c(C(=O)O)cc(C3CC3)c12. The first-order valence-electron chi connectivity index (χ1n) is 8.65. The Morgan fingerprint density at radius 2 is 2.15 bits per heavy atom. The van der Waals surface area contributed by atoms with Crippen LogP contribution in [0.25, 0.3) is 5.52 Å². The second-order valence-corrected chi connectivity index (χ2v) is 7.12. The summed E-state index contributed by atoms with van der Waals surface area (Å²) in [6.45, 7) is 3.97. The van der Waals surface area contributed by atoms with E-state index in [9.17, 15) is 19.1 Å². The van der Waals surface area contributed by atoms with Gasteiger partial charge in [-0.15, -0.1) is 0 Å². The molecule has 1 aliphatic rings. The van der Waals surface area contributed by atoms with Crippen LogP contribution < -0.4 is 11.3 Å². The molecule has 2 aromatic rings. The zero-order chi connectivity index (χ0) is 19.2. The van der Waals surface area contributed by atoms with Gasteiger partial charge < -0.3 is 16.2 Å². The van der Waals surface area contributed by atoms with Gasteiger partial charge in [0, 0.05) is 17.5 Å². The first-order valence-corrected chi connectivity index (χ1v) is 8.65. The summed E-state index contributed by atoms with van der Waals surface area (Å²) in [7, 11) is 0. The number of nitrogens with one attached hydrogen (secondary N) is 1. The minimum absolute atomic E-state index is 0.0389. The van der Waals surface area contributed by atoms with Gasteiger partial charge in [0.25, 0.3) is 5.56 Å². The van der Waals surface area contributed by atoms with Gasteiger partial charge in [0.1, 0.15) is 11.4 Å². The van der Waals surface area contributed by atoms with E-state index < -0.39 is 17.3 Å². The number of aromatic carboxylic acids is 1. The monoisotopic (exact) mass is 359 g/mol. The molecule has 2 heterocycles. The molecule has 7 heteroatoms. The summed E-state index contributed by atoms with van der Waals surface area (Å²) in [6, 6.07) is 1.42. The highest BCUT2D eigenvalue weighted by atomic mass is 19.1. The summed E-state index contributed by atoms with van der Waals surface area (Å²) in [5.74, 6) is -1.82. The number of halogens is 1. The molecule has 0 aliphatic heterocycles. The minimum atomic E-state index is -1.32. The van der Waals surface area contributed by atoms with E-state index >= 15 is 0 Å². The molecule has 1 fully saturated rings. The quantitative estimate of drug-likeness (QED) is 0.689. The average molecular weight is 359 g/mol. The number of rotatable bonds is 6. The number of carbonyl (C=O) groups is 1. The molecule has 6 nitrogen and oxygen atoms in total. The van der Waals surface area contributed by atoms with Crippen molar-refractivity contribution in [1.29, 1.82) is 5.41 Å². The van der Waals surface area contributed by atoms with Crippen LogP contribution in [0.4, 0.5) is 4.39 Å². The van der Waals surface area contributed by atoms with Crippen molar-refractivity contribution in [3.8, 4) is 0 Å². The van der Waals surface area contributed by atoms with E-state index in [-0.39, 0.29) is 28.7 Å². The van der Waals surface area contributed by atoms with Crippen LogP contribution in [0.3, 0.4) is 0 Å². The largest absolute Gasteiger partial charge is 0.477 e. The molecule has 0 aromatic carbocycles. The molecule has 3 rings (SSSR count). The lowest BCUT2D eigenvalue weighted by Crippen LogP contribution is -2.25. The van der Waals surface area contributed by atoms with Crippen molar-refractivity contribution < 1.29 is 14.3 Å². The van der Waals surface area contributed by atoms with Crippen molar-refractivity contribution in [2.24, 2.45) is 11.7 Å². The average Bonchev–Trinajstić information content (AvgIpc) is 3.40. The third kappa shape index (κ3) is 3.03. The van der Waals surface area contributed by atoms with Gasteiger partial charge in [-0.2, -0.15) is 0 Å². The zero-order valence-corrected chi connectivity index (χ0v) is 14.8. The lowest BCUT2D eigenvalue weighted by molar-refractivity contribution is 0.0694.